The number of nitrogens with zero attached hydrogens (tertiary/aromatic N) is 4. The van der Waals surface area contributed by atoms with Crippen LogP contribution < -0.4 is 10.9 Å². The molecule has 0 saturated carbocycles. The van der Waals surface area contributed by atoms with Gasteiger partial charge in [0.15, 0.2) is 5.82 Å². The van der Waals surface area contributed by atoms with Gasteiger partial charge in [-0.2, -0.15) is 0 Å². The third-order valence-electron chi connectivity index (χ3n) is 5.58. The van der Waals surface area contributed by atoms with Crippen molar-refractivity contribution < 1.29 is 4.74 Å². The molecule has 4 rings (SSSR count). The second-order valence-corrected chi connectivity index (χ2v) is 7.76. The molecule has 1 N–H and O–H groups in total. The smallest absolute Gasteiger partial charge is 0.293 e. The van der Waals surface area contributed by atoms with E-state index in [0.717, 1.165) is 56.6 Å². The van der Waals surface area contributed by atoms with E-state index < -0.39 is 0 Å². The van der Waals surface area contributed by atoms with E-state index in [1.54, 1.807) is 29.4 Å². The molecule has 7 heteroatoms. The predicted molar refractivity (Wildman–Crippen MR) is 117 cm³/mol. The van der Waals surface area contributed by atoms with Gasteiger partial charge >= 0.3 is 0 Å². The van der Waals surface area contributed by atoms with Gasteiger partial charge in [-0.25, -0.2) is 4.98 Å². The molecule has 0 amide bonds. The molecule has 2 aromatic heterocycles. The molecule has 0 spiro atoms. The van der Waals surface area contributed by atoms with Gasteiger partial charge in [0.05, 0.1) is 6.54 Å². The first kappa shape index (κ1) is 20.3. The van der Waals surface area contributed by atoms with E-state index in [1.165, 1.54) is 0 Å². The molecule has 0 bridgehead atoms. The summed E-state index contributed by atoms with van der Waals surface area (Å²) in [5.74, 6) is 1.43. The van der Waals surface area contributed by atoms with Crippen LogP contribution >= 0.6 is 0 Å². The van der Waals surface area contributed by atoms with Crippen molar-refractivity contribution in [2.45, 2.75) is 38.3 Å². The Kier molecular flexibility index (Phi) is 6.92. The van der Waals surface area contributed by atoms with Crippen molar-refractivity contribution >= 4 is 5.82 Å². The predicted octanol–water partition coefficient (Wildman–Crippen LogP) is 2.81. The Morgan fingerprint density at radius 1 is 1.13 bits per heavy atom. The number of piperidine rings is 1. The molecule has 1 fully saturated rings. The van der Waals surface area contributed by atoms with Crippen molar-refractivity contribution in [2.75, 3.05) is 31.6 Å². The number of nitrogens with one attached hydrogen (secondary N) is 1. The fourth-order valence-electron chi connectivity index (χ4n) is 3.84. The van der Waals surface area contributed by atoms with Crippen LogP contribution in [0.25, 0.3) is 0 Å². The summed E-state index contributed by atoms with van der Waals surface area (Å²) in [4.78, 5) is 23.5. The molecule has 30 heavy (non-hydrogen) atoms. The molecule has 0 radical (unpaired) electrons. The van der Waals surface area contributed by atoms with Crippen molar-refractivity contribution in [1.29, 1.82) is 0 Å². The SMILES string of the molecule is O=c1c(NC2CCN(CCOC3=CCCC=C3)CC2)nccn1Cc1ccncc1. The summed E-state index contributed by atoms with van der Waals surface area (Å²) in [5.41, 5.74) is 0.957. The molecule has 1 saturated heterocycles. The van der Waals surface area contributed by atoms with E-state index >= 15 is 0 Å². The standard InChI is InChI=1S/C23H29N5O2/c29-23-22(25-12-15-28(23)18-19-6-10-24-11-7-19)26-20-8-13-27(14-9-20)16-17-30-21-4-2-1-3-5-21/h2,4-7,10-12,15,20H,1,3,8-9,13-14,16-18H2,(H,25,26). The minimum atomic E-state index is -0.0843. The number of ether oxygens (including phenoxy) is 1. The Morgan fingerprint density at radius 3 is 2.73 bits per heavy atom. The van der Waals surface area contributed by atoms with Crippen molar-refractivity contribution in [2.24, 2.45) is 0 Å². The topological polar surface area (TPSA) is 72.3 Å². The Labute approximate surface area is 177 Å². The van der Waals surface area contributed by atoms with Crippen LogP contribution in [0.15, 0.2) is 65.7 Å². The summed E-state index contributed by atoms with van der Waals surface area (Å²) < 4.78 is 7.53. The molecular formula is C23H29N5O2. The van der Waals surface area contributed by atoms with Gasteiger partial charge in [0, 0.05) is 50.5 Å². The lowest BCUT2D eigenvalue weighted by Gasteiger charge is -2.32. The fourth-order valence-corrected chi connectivity index (χ4v) is 3.84. The molecule has 2 aromatic rings. The second kappa shape index (κ2) is 10.2. The minimum absolute atomic E-state index is 0.0843. The molecule has 1 aliphatic carbocycles. The summed E-state index contributed by atoms with van der Waals surface area (Å²) in [6.07, 6.45) is 17.4. The number of likely N-dealkylation sites (tertiary alicyclic amines) is 1. The van der Waals surface area contributed by atoms with Crippen LogP contribution in [0.3, 0.4) is 0 Å². The quantitative estimate of drug-likeness (QED) is 0.726. The van der Waals surface area contributed by atoms with E-state index in [9.17, 15) is 4.79 Å². The maximum absolute atomic E-state index is 12.8. The van der Waals surface area contributed by atoms with E-state index in [-0.39, 0.29) is 11.6 Å². The van der Waals surface area contributed by atoms with E-state index in [2.05, 4.69) is 38.4 Å². The Morgan fingerprint density at radius 2 is 1.97 bits per heavy atom. The van der Waals surface area contributed by atoms with Gasteiger partial charge in [-0.05, 0) is 55.5 Å². The zero-order valence-electron chi connectivity index (χ0n) is 17.2. The highest BCUT2D eigenvalue weighted by Crippen LogP contribution is 2.15. The summed E-state index contributed by atoms with van der Waals surface area (Å²) in [6.45, 7) is 4.15. The maximum atomic E-state index is 12.8. The zero-order chi connectivity index (χ0) is 20.6. The van der Waals surface area contributed by atoms with Crippen LogP contribution in [0.2, 0.25) is 0 Å². The monoisotopic (exact) mass is 407 g/mol. The third kappa shape index (κ3) is 5.57. The lowest BCUT2D eigenvalue weighted by Crippen LogP contribution is -2.41. The first-order valence-electron chi connectivity index (χ1n) is 10.7. The summed E-state index contributed by atoms with van der Waals surface area (Å²) in [6, 6.07) is 4.10. The Hall–Kier alpha value is -2.93. The third-order valence-corrected chi connectivity index (χ3v) is 5.58. The first-order valence-corrected chi connectivity index (χ1v) is 10.7. The number of rotatable bonds is 8. The zero-order valence-corrected chi connectivity index (χ0v) is 17.2. The van der Waals surface area contributed by atoms with Crippen LogP contribution in [0.1, 0.15) is 31.2 Å². The second-order valence-electron chi connectivity index (χ2n) is 7.76. The van der Waals surface area contributed by atoms with Crippen LogP contribution in [0.5, 0.6) is 0 Å². The van der Waals surface area contributed by atoms with Gasteiger partial charge in [0.1, 0.15) is 12.4 Å². The van der Waals surface area contributed by atoms with Gasteiger partial charge in [0.25, 0.3) is 5.56 Å². The van der Waals surface area contributed by atoms with E-state index in [1.807, 2.05) is 12.1 Å². The van der Waals surface area contributed by atoms with Gasteiger partial charge in [-0.1, -0.05) is 6.08 Å². The lowest BCUT2D eigenvalue weighted by molar-refractivity contribution is 0.144. The van der Waals surface area contributed by atoms with E-state index in [0.29, 0.717) is 19.0 Å². The van der Waals surface area contributed by atoms with Gasteiger partial charge in [0.2, 0.25) is 0 Å². The normalized spacial score (nSPS) is 17.5. The first-order chi connectivity index (χ1) is 14.8. The number of pyridine rings is 1. The summed E-state index contributed by atoms with van der Waals surface area (Å²) in [7, 11) is 0. The average Bonchev–Trinajstić information content (AvgIpc) is 2.79. The van der Waals surface area contributed by atoms with E-state index in [4.69, 9.17) is 4.74 Å². The largest absolute Gasteiger partial charge is 0.493 e. The summed E-state index contributed by atoms with van der Waals surface area (Å²) >= 11 is 0. The van der Waals surface area contributed by atoms with Crippen LogP contribution in [-0.4, -0.2) is 51.7 Å². The lowest BCUT2D eigenvalue weighted by atomic mass is 10.1. The van der Waals surface area contributed by atoms with Crippen molar-refractivity contribution in [3.63, 3.8) is 0 Å². The average molecular weight is 408 g/mol. The fraction of sp³-hybridized carbons (Fsp3) is 0.435. The highest BCUT2D eigenvalue weighted by molar-refractivity contribution is 5.33. The summed E-state index contributed by atoms with van der Waals surface area (Å²) in [5, 5.41) is 3.37. The Bertz CT molecular complexity index is 930. The van der Waals surface area contributed by atoms with Crippen molar-refractivity contribution in [3.05, 3.63) is 76.8 Å². The number of aromatic nitrogens is 3. The molecule has 0 aromatic carbocycles. The molecule has 158 valence electrons. The number of hydrogen-bond donors (Lipinski definition) is 1. The van der Waals surface area contributed by atoms with Gasteiger partial charge in [-0.15, -0.1) is 0 Å². The van der Waals surface area contributed by atoms with Gasteiger partial charge < -0.3 is 14.6 Å². The van der Waals surface area contributed by atoms with Crippen LogP contribution in [-0.2, 0) is 11.3 Å². The highest BCUT2D eigenvalue weighted by Gasteiger charge is 2.20. The van der Waals surface area contributed by atoms with Crippen molar-refractivity contribution in [3.8, 4) is 0 Å². The number of hydrogen-bond acceptors (Lipinski definition) is 6. The van der Waals surface area contributed by atoms with Gasteiger partial charge in [-0.3, -0.25) is 14.7 Å². The maximum Gasteiger partial charge on any atom is 0.293 e. The van der Waals surface area contributed by atoms with Crippen LogP contribution in [0, 0.1) is 0 Å². The number of allylic oxidation sites excluding steroid dienone is 3. The minimum Gasteiger partial charge on any atom is -0.493 e. The Balaban J connectivity index is 1.25. The molecule has 7 nitrogen and oxygen atoms in total. The van der Waals surface area contributed by atoms with Crippen LogP contribution in [0.4, 0.5) is 5.82 Å². The highest BCUT2D eigenvalue weighted by atomic mass is 16.5. The van der Waals surface area contributed by atoms with Crippen molar-refractivity contribution in [1.82, 2.24) is 19.4 Å². The molecule has 0 atom stereocenters. The molecule has 0 unspecified atom stereocenters. The molecule has 3 heterocycles. The number of anilines is 1. The molecule has 1 aliphatic heterocycles. The molecular weight excluding hydrogens is 378 g/mol. The molecule has 2 aliphatic rings.